The van der Waals surface area contributed by atoms with Crippen LogP contribution in [0.3, 0.4) is 0 Å². The van der Waals surface area contributed by atoms with Gasteiger partial charge >= 0.3 is 0 Å². The fourth-order valence-electron chi connectivity index (χ4n) is 2.61. The highest BCUT2D eigenvalue weighted by Gasteiger charge is 2.12. The zero-order valence-electron chi connectivity index (χ0n) is 16.9. The molecule has 0 aliphatic carbocycles. The van der Waals surface area contributed by atoms with Gasteiger partial charge in [0.25, 0.3) is 0 Å². The summed E-state index contributed by atoms with van der Waals surface area (Å²) < 4.78 is 2.26. The van der Waals surface area contributed by atoms with Crippen molar-refractivity contribution < 1.29 is 0 Å². The van der Waals surface area contributed by atoms with E-state index in [0.717, 1.165) is 62.3 Å². The average Bonchev–Trinajstić information content (AvgIpc) is 2.96. The SMILES string of the molecule is C=CCCCN(C)C(=NC)NCCCc1nnc(SC)n1CC(C)C.I. The topological polar surface area (TPSA) is 58.3 Å². The van der Waals surface area contributed by atoms with Crippen LogP contribution in [-0.4, -0.2) is 59.1 Å². The highest BCUT2D eigenvalue weighted by atomic mass is 127. The molecule has 26 heavy (non-hydrogen) atoms. The molecule has 1 rings (SSSR count). The van der Waals surface area contributed by atoms with Crippen molar-refractivity contribution in [3.8, 4) is 0 Å². The van der Waals surface area contributed by atoms with Gasteiger partial charge in [0.1, 0.15) is 5.82 Å². The Labute approximate surface area is 180 Å². The molecule has 0 fully saturated rings. The van der Waals surface area contributed by atoms with Crippen molar-refractivity contribution in [2.24, 2.45) is 10.9 Å². The fourth-order valence-corrected chi connectivity index (χ4v) is 3.14. The molecule has 0 aliphatic rings. The summed E-state index contributed by atoms with van der Waals surface area (Å²) in [4.78, 5) is 6.52. The van der Waals surface area contributed by atoms with Crippen molar-refractivity contribution in [2.45, 2.75) is 51.2 Å². The van der Waals surface area contributed by atoms with Crippen molar-refractivity contribution in [2.75, 3.05) is 33.4 Å². The van der Waals surface area contributed by atoms with E-state index in [4.69, 9.17) is 0 Å². The van der Waals surface area contributed by atoms with Gasteiger partial charge in [-0.05, 0) is 31.4 Å². The zero-order valence-corrected chi connectivity index (χ0v) is 20.0. The van der Waals surface area contributed by atoms with Crippen LogP contribution < -0.4 is 5.32 Å². The Bertz CT molecular complexity index is 544. The van der Waals surface area contributed by atoms with Crippen LogP contribution in [0.1, 0.15) is 38.9 Å². The Balaban J connectivity index is 0.00000625. The molecule has 6 nitrogen and oxygen atoms in total. The minimum absolute atomic E-state index is 0. The third-order valence-electron chi connectivity index (χ3n) is 3.86. The van der Waals surface area contributed by atoms with E-state index in [0.29, 0.717) is 5.92 Å². The van der Waals surface area contributed by atoms with Gasteiger partial charge in [-0.25, -0.2) is 0 Å². The number of nitrogens with zero attached hydrogens (tertiary/aromatic N) is 5. The maximum absolute atomic E-state index is 4.38. The highest BCUT2D eigenvalue weighted by Crippen LogP contribution is 2.16. The van der Waals surface area contributed by atoms with Gasteiger partial charge in [0.15, 0.2) is 11.1 Å². The van der Waals surface area contributed by atoms with Crippen LogP contribution in [0.2, 0.25) is 0 Å². The van der Waals surface area contributed by atoms with Crippen LogP contribution in [0.25, 0.3) is 0 Å². The monoisotopic (exact) mass is 494 g/mol. The number of thioether (sulfide) groups is 1. The van der Waals surface area contributed by atoms with Gasteiger partial charge in [0, 0.05) is 40.2 Å². The minimum Gasteiger partial charge on any atom is -0.356 e. The number of aromatic nitrogens is 3. The second-order valence-corrected chi connectivity index (χ2v) is 7.31. The van der Waals surface area contributed by atoms with Gasteiger partial charge in [-0.3, -0.25) is 4.99 Å². The summed E-state index contributed by atoms with van der Waals surface area (Å²) in [5.41, 5.74) is 0. The van der Waals surface area contributed by atoms with Gasteiger partial charge in [-0.2, -0.15) is 0 Å². The van der Waals surface area contributed by atoms with Gasteiger partial charge in [0.05, 0.1) is 0 Å². The predicted octanol–water partition coefficient (Wildman–Crippen LogP) is 3.68. The second kappa shape index (κ2) is 14.3. The van der Waals surface area contributed by atoms with E-state index in [1.165, 1.54) is 0 Å². The van der Waals surface area contributed by atoms with Crippen LogP contribution in [0.5, 0.6) is 0 Å². The lowest BCUT2D eigenvalue weighted by Crippen LogP contribution is -2.39. The number of unbranched alkanes of at least 4 members (excludes halogenated alkanes) is 1. The Morgan fingerprint density at radius 1 is 1.38 bits per heavy atom. The number of allylic oxidation sites excluding steroid dienone is 1. The number of nitrogens with one attached hydrogen (secondary N) is 1. The molecule has 1 aromatic rings. The third-order valence-corrected chi connectivity index (χ3v) is 4.53. The molecule has 0 spiro atoms. The molecule has 0 radical (unpaired) electrons. The van der Waals surface area contributed by atoms with Crippen molar-refractivity contribution in [3.63, 3.8) is 0 Å². The number of hydrogen-bond acceptors (Lipinski definition) is 4. The van der Waals surface area contributed by atoms with Gasteiger partial charge in [-0.15, -0.1) is 40.8 Å². The fraction of sp³-hybridized carbons (Fsp3) is 0.722. The standard InChI is InChI=1S/C18H34N6S.HI/c1-7-8-9-13-23(5)17(19-4)20-12-10-11-16-21-22-18(25-6)24(16)14-15(2)3;/h7,15H,1,8-14H2,2-6H3,(H,19,20);1H. The molecule has 1 heterocycles. The first kappa shape index (κ1) is 25.2. The van der Waals surface area contributed by atoms with Crippen LogP contribution in [-0.2, 0) is 13.0 Å². The summed E-state index contributed by atoms with van der Waals surface area (Å²) in [6.45, 7) is 11.0. The molecule has 0 aliphatic heterocycles. The molecule has 0 atom stereocenters. The number of halogens is 1. The summed E-state index contributed by atoms with van der Waals surface area (Å²) in [5, 5.41) is 13.1. The summed E-state index contributed by atoms with van der Waals surface area (Å²) in [5.74, 6) is 2.61. The normalized spacial score (nSPS) is 11.4. The summed E-state index contributed by atoms with van der Waals surface area (Å²) in [6.07, 6.45) is 8.06. The third kappa shape index (κ3) is 8.75. The molecular weight excluding hydrogens is 459 g/mol. The number of hydrogen-bond donors (Lipinski definition) is 1. The van der Waals surface area contributed by atoms with E-state index in [1.54, 1.807) is 11.8 Å². The molecule has 0 saturated heterocycles. The maximum atomic E-state index is 4.38. The minimum atomic E-state index is 0. The van der Waals surface area contributed by atoms with Crippen molar-refractivity contribution in [1.29, 1.82) is 0 Å². The van der Waals surface area contributed by atoms with Gasteiger partial charge in [0.2, 0.25) is 0 Å². The largest absolute Gasteiger partial charge is 0.356 e. The average molecular weight is 494 g/mol. The molecule has 8 heteroatoms. The van der Waals surface area contributed by atoms with E-state index in [-0.39, 0.29) is 24.0 Å². The first-order valence-electron chi connectivity index (χ1n) is 9.02. The maximum Gasteiger partial charge on any atom is 0.193 e. The van der Waals surface area contributed by atoms with E-state index >= 15 is 0 Å². The van der Waals surface area contributed by atoms with Crippen molar-refractivity contribution in [3.05, 3.63) is 18.5 Å². The van der Waals surface area contributed by atoms with Crippen molar-refractivity contribution in [1.82, 2.24) is 25.0 Å². The summed E-state index contributed by atoms with van der Waals surface area (Å²) in [7, 11) is 3.90. The Kier molecular flexibility index (Phi) is 13.9. The number of aryl methyl sites for hydroxylation is 1. The van der Waals surface area contributed by atoms with Crippen LogP contribution in [0.15, 0.2) is 22.8 Å². The quantitative estimate of drug-likeness (QED) is 0.127. The lowest BCUT2D eigenvalue weighted by Gasteiger charge is -2.21. The van der Waals surface area contributed by atoms with Gasteiger partial charge in [-0.1, -0.05) is 31.7 Å². The number of aliphatic imine (C=N–C) groups is 1. The first-order valence-corrected chi connectivity index (χ1v) is 10.2. The van der Waals surface area contributed by atoms with E-state index in [9.17, 15) is 0 Å². The molecule has 0 aromatic carbocycles. The van der Waals surface area contributed by atoms with Crippen molar-refractivity contribution >= 4 is 41.7 Å². The Morgan fingerprint density at radius 2 is 2.12 bits per heavy atom. The molecule has 0 unspecified atom stereocenters. The van der Waals surface area contributed by atoms with Crippen LogP contribution in [0.4, 0.5) is 0 Å². The molecular formula is C18H35IN6S. The molecule has 0 amide bonds. The summed E-state index contributed by atoms with van der Waals surface area (Å²) in [6, 6.07) is 0. The zero-order chi connectivity index (χ0) is 18.7. The Hall–Kier alpha value is -0.770. The number of guanidine groups is 1. The predicted molar refractivity (Wildman–Crippen MR) is 124 cm³/mol. The van der Waals surface area contributed by atoms with Crippen LogP contribution in [0, 0.1) is 5.92 Å². The number of rotatable bonds is 11. The molecule has 1 N–H and O–H groups in total. The van der Waals surface area contributed by atoms with Crippen LogP contribution >= 0.6 is 35.7 Å². The molecule has 150 valence electrons. The lowest BCUT2D eigenvalue weighted by molar-refractivity contribution is 0.465. The smallest absolute Gasteiger partial charge is 0.193 e. The molecule has 0 saturated carbocycles. The lowest BCUT2D eigenvalue weighted by atomic mass is 10.2. The van der Waals surface area contributed by atoms with E-state index < -0.39 is 0 Å². The summed E-state index contributed by atoms with van der Waals surface area (Å²) >= 11 is 1.66. The Morgan fingerprint density at radius 3 is 2.69 bits per heavy atom. The first-order chi connectivity index (χ1) is 12.0. The molecule has 1 aromatic heterocycles. The second-order valence-electron chi connectivity index (χ2n) is 6.54. The molecule has 0 bridgehead atoms. The van der Waals surface area contributed by atoms with Gasteiger partial charge < -0.3 is 14.8 Å². The highest BCUT2D eigenvalue weighted by molar-refractivity contribution is 14.0. The van der Waals surface area contributed by atoms with E-state index in [1.807, 2.05) is 13.1 Å². The van der Waals surface area contributed by atoms with E-state index in [2.05, 4.69) is 63.7 Å².